The summed E-state index contributed by atoms with van der Waals surface area (Å²) < 4.78 is 1.89. The average Bonchev–Trinajstić information content (AvgIpc) is 2.81. The lowest BCUT2D eigenvalue weighted by atomic mass is 9.78. The molecule has 2 N–H and O–H groups in total. The van der Waals surface area contributed by atoms with Crippen molar-refractivity contribution in [1.82, 2.24) is 4.98 Å². The van der Waals surface area contributed by atoms with E-state index in [4.69, 9.17) is 0 Å². The maximum Gasteiger partial charge on any atom is 0.251 e. The molecule has 25 heavy (non-hydrogen) atoms. The number of Topliss-reactive ketones (excluding diaryl/α,β-unsaturated/α-hetero) is 1. The number of aryl methyl sites for hydroxylation is 1. The zero-order valence-electron chi connectivity index (χ0n) is 16.2. The van der Waals surface area contributed by atoms with Gasteiger partial charge >= 0.3 is 0 Å². The Morgan fingerprint density at radius 3 is 1.92 bits per heavy atom. The van der Waals surface area contributed by atoms with Crippen molar-refractivity contribution in [2.24, 2.45) is 0 Å². The van der Waals surface area contributed by atoms with Crippen LogP contribution in [0.15, 0.2) is 24.5 Å². The van der Waals surface area contributed by atoms with Crippen LogP contribution in [0.4, 0.5) is 0 Å². The predicted molar refractivity (Wildman–Crippen MR) is 95.6 cm³/mol. The monoisotopic (exact) mass is 408 g/mol. The number of ketones is 1. The Balaban J connectivity index is 0.00000312. The van der Waals surface area contributed by atoms with Crippen molar-refractivity contribution in [1.29, 1.82) is 0 Å². The SMILES string of the molecule is Cc1[nH]cc[n+]1CC(=O)c1cc(C(C)(C)C)c(O)c(C(C)(C)C)c1.[Br-]. The molecule has 0 radical (unpaired) electrons. The highest BCUT2D eigenvalue weighted by atomic mass is 79.9. The molecule has 2 aromatic rings. The Labute approximate surface area is 161 Å². The van der Waals surface area contributed by atoms with Gasteiger partial charge in [0.1, 0.15) is 18.1 Å². The minimum Gasteiger partial charge on any atom is -1.00 e. The molecule has 0 saturated heterocycles. The average molecular weight is 409 g/mol. The summed E-state index contributed by atoms with van der Waals surface area (Å²) >= 11 is 0. The lowest BCUT2D eigenvalue weighted by Gasteiger charge is -2.28. The molecule has 0 aliphatic rings. The van der Waals surface area contributed by atoms with Gasteiger partial charge in [0.2, 0.25) is 5.78 Å². The van der Waals surface area contributed by atoms with Gasteiger partial charge < -0.3 is 22.1 Å². The summed E-state index contributed by atoms with van der Waals surface area (Å²) in [6, 6.07) is 3.69. The standard InChI is InChI=1S/C20H28N2O2.BrH/c1-13-21-8-9-22(13)12-17(23)14-10-15(19(2,3)4)18(24)16(11-14)20(5,6)7;/h8-11H,12H2,1-7H3,(H,23,24);1H. The normalized spacial score (nSPS) is 12.0. The molecule has 0 aliphatic heterocycles. The maximum absolute atomic E-state index is 12.8. The van der Waals surface area contributed by atoms with Gasteiger partial charge in [0.15, 0.2) is 6.54 Å². The van der Waals surface area contributed by atoms with Crippen molar-refractivity contribution in [3.63, 3.8) is 0 Å². The van der Waals surface area contributed by atoms with Gasteiger partial charge in [-0.3, -0.25) is 4.79 Å². The van der Waals surface area contributed by atoms with Gasteiger partial charge in [-0.25, -0.2) is 9.55 Å². The molecule has 1 aromatic carbocycles. The number of H-pyrrole nitrogens is 1. The van der Waals surface area contributed by atoms with Crippen molar-refractivity contribution < 1.29 is 31.4 Å². The summed E-state index contributed by atoms with van der Waals surface area (Å²) in [7, 11) is 0. The molecule has 2 rings (SSSR count). The first-order valence-corrected chi connectivity index (χ1v) is 8.36. The Morgan fingerprint density at radius 2 is 1.56 bits per heavy atom. The van der Waals surface area contributed by atoms with Crippen LogP contribution < -0.4 is 21.5 Å². The van der Waals surface area contributed by atoms with E-state index in [0.29, 0.717) is 11.3 Å². The highest BCUT2D eigenvalue weighted by Crippen LogP contribution is 2.39. The van der Waals surface area contributed by atoms with Crippen LogP contribution in [0.3, 0.4) is 0 Å². The molecule has 0 fully saturated rings. The van der Waals surface area contributed by atoms with E-state index in [0.717, 1.165) is 17.0 Å². The first-order chi connectivity index (χ1) is 10.9. The molecule has 4 nitrogen and oxygen atoms in total. The number of aromatic hydroxyl groups is 1. The molecule has 0 atom stereocenters. The van der Waals surface area contributed by atoms with E-state index in [9.17, 15) is 9.90 Å². The van der Waals surface area contributed by atoms with Gasteiger partial charge in [-0.1, -0.05) is 41.5 Å². The van der Waals surface area contributed by atoms with Crippen LogP contribution in [0.5, 0.6) is 5.75 Å². The molecule has 5 heteroatoms. The minimum atomic E-state index is -0.239. The van der Waals surface area contributed by atoms with Crippen LogP contribution in [0, 0.1) is 6.92 Å². The summed E-state index contributed by atoms with van der Waals surface area (Å²) in [5.74, 6) is 1.28. The number of nitrogens with zero attached hydrogens (tertiary/aromatic N) is 1. The lowest BCUT2D eigenvalue weighted by molar-refractivity contribution is -0.687. The van der Waals surface area contributed by atoms with Gasteiger partial charge in [-0.2, -0.15) is 0 Å². The molecule has 0 aliphatic carbocycles. The Kier molecular flexibility index (Phi) is 6.27. The highest BCUT2D eigenvalue weighted by molar-refractivity contribution is 5.96. The molecule has 0 unspecified atom stereocenters. The van der Waals surface area contributed by atoms with Crippen LogP contribution in [-0.4, -0.2) is 15.9 Å². The lowest BCUT2D eigenvalue weighted by Crippen LogP contribution is -3.00. The highest BCUT2D eigenvalue weighted by Gasteiger charge is 2.28. The van der Waals surface area contributed by atoms with E-state index in [1.54, 1.807) is 0 Å². The Hall–Kier alpha value is -1.62. The Morgan fingerprint density at radius 1 is 1.08 bits per heavy atom. The van der Waals surface area contributed by atoms with E-state index in [2.05, 4.69) is 4.98 Å². The zero-order chi connectivity index (χ0) is 18.3. The fourth-order valence-electron chi connectivity index (χ4n) is 2.80. The number of carbonyl (C=O) groups excluding carboxylic acids is 1. The number of benzene rings is 1. The van der Waals surface area contributed by atoms with Gasteiger partial charge in [0.25, 0.3) is 5.82 Å². The summed E-state index contributed by atoms with van der Waals surface area (Å²) in [6.07, 6.45) is 3.68. The van der Waals surface area contributed by atoms with Crippen molar-refractivity contribution in [2.45, 2.75) is 65.8 Å². The number of aromatic amines is 1. The van der Waals surface area contributed by atoms with E-state index in [-0.39, 0.29) is 40.1 Å². The second-order valence-corrected chi connectivity index (χ2v) is 8.52. The predicted octanol–water partition coefficient (Wildman–Crippen LogP) is 0.798. The number of nitrogens with one attached hydrogen (secondary N) is 1. The molecular weight excluding hydrogens is 380 g/mol. The summed E-state index contributed by atoms with van der Waals surface area (Å²) in [4.78, 5) is 15.9. The van der Waals surface area contributed by atoms with Crippen LogP contribution >= 0.6 is 0 Å². The zero-order valence-corrected chi connectivity index (χ0v) is 17.8. The largest absolute Gasteiger partial charge is 1.00 e. The first kappa shape index (κ1) is 21.4. The number of phenolic OH excluding ortho intramolecular Hbond substituents is 1. The molecule has 0 amide bonds. The van der Waals surface area contributed by atoms with Crippen LogP contribution in [0.2, 0.25) is 0 Å². The van der Waals surface area contributed by atoms with Crippen molar-refractivity contribution >= 4 is 5.78 Å². The van der Waals surface area contributed by atoms with E-state index < -0.39 is 0 Å². The number of hydrogen-bond donors (Lipinski definition) is 2. The summed E-state index contributed by atoms with van der Waals surface area (Å²) in [6.45, 7) is 14.5. The minimum absolute atomic E-state index is 0. The van der Waals surface area contributed by atoms with Crippen molar-refractivity contribution in [3.05, 3.63) is 47.0 Å². The van der Waals surface area contributed by atoms with Gasteiger partial charge in [-0.05, 0) is 23.0 Å². The van der Waals surface area contributed by atoms with Gasteiger partial charge in [0, 0.05) is 23.6 Å². The third kappa shape index (κ3) is 4.72. The topological polar surface area (TPSA) is 57.0 Å². The number of hydrogen-bond acceptors (Lipinski definition) is 2. The van der Waals surface area contributed by atoms with Crippen LogP contribution in [0.25, 0.3) is 0 Å². The molecule has 0 spiro atoms. The number of aromatic nitrogens is 2. The number of imidazole rings is 1. The number of carbonyl (C=O) groups is 1. The summed E-state index contributed by atoms with van der Waals surface area (Å²) in [5, 5.41) is 10.7. The molecule has 1 aromatic heterocycles. The van der Waals surface area contributed by atoms with Crippen molar-refractivity contribution in [2.75, 3.05) is 0 Å². The number of phenols is 1. The van der Waals surface area contributed by atoms with Gasteiger partial charge in [0.05, 0.1) is 0 Å². The second-order valence-electron chi connectivity index (χ2n) is 8.52. The first-order valence-electron chi connectivity index (χ1n) is 8.36. The van der Waals surface area contributed by atoms with Crippen LogP contribution in [0.1, 0.15) is 68.9 Å². The fraction of sp³-hybridized carbons (Fsp3) is 0.500. The van der Waals surface area contributed by atoms with E-state index in [1.807, 2.05) is 77.6 Å². The molecule has 1 heterocycles. The smallest absolute Gasteiger partial charge is 0.251 e. The number of halogens is 1. The third-order valence-corrected chi connectivity index (χ3v) is 4.34. The van der Waals surface area contributed by atoms with E-state index in [1.165, 1.54) is 0 Å². The fourth-order valence-corrected chi connectivity index (χ4v) is 2.80. The quantitative estimate of drug-likeness (QED) is 0.582. The molecule has 0 bridgehead atoms. The Bertz CT molecular complexity index is 730. The summed E-state index contributed by atoms with van der Waals surface area (Å²) in [5.41, 5.74) is 1.80. The van der Waals surface area contributed by atoms with Crippen molar-refractivity contribution in [3.8, 4) is 5.75 Å². The molecule has 0 saturated carbocycles. The molecular formula is C20H29BrN2O2. The van der Waals surface area contributed by atoms with E-state index >= 15 is 0 Å². The third-order valence-electron chi connectivity index (χ3n) is 4.34. The van der Waals surface area contributed by atoms with Crippen LogP contribution in [-0.2, 0) is 17.4 Å². The second kappa shape index (κ2) is 7.32. The molecule has 138 valence electrons. The maximum atomic E-state index is 12.8. The van der Waals surface area contributed by atoms with Gasteiger partial charge in [-0.15, -0.1) is 0 Å². The number of rotatable bonds is 3.